The van der Waals surface area contributed by atoms with Gasteiger partial charge in [-0.3, -0.25) is 4.90 Å². The molecule has 2 saturated heterocycles. The molecule has 2 heterocycles. The average molecular weight is 181 g/mol. The van der Waals surface area contributed by atoms with E-state index in [2.05, 4.69) is 4.90 Å². The topological polar surface area (TPSA) is 12.5 Å². The van der Waals surface area contributed by atoms with Crippen LogP contribution in [-0.2, 0) is 4.74 Å². The van der Waals surface area contributed by atoms with Crippen molar-refractivity contribution in [1.29, 1.82) is 0 Å². The molecule has 1 saturated carbocycles. The third-order valence-electron chi connectivity index (χ3n) is 4.15. The molecule has 2 nitrogen and oxygen atoms in total. The van der Waals surface area contributed by atoms with Crippen molar-refractivity contribution in [1.82, 2.24) is 4.90 Å². The van der Waals surface area contributed by atoms with Crippen LogP contribution in [0.25, 0.3) is 0 Å². The highest BCUT2D eigenvalue weighted by Gasteiger charge is 2.41. The standard InChI is InChI=1S/C11H19NO/c1-3-9-5-2-6-12-8-13-7-10(4-1)11(9)12/h9-11H,1-8H2/t9-,10+,11+/m0/s1. The second kappa shape index (κ2) is 3.25. The van der Waals surface area contributed by atoms with E-state index in [0.29, 0.717) is 0 Å². The number of hydrogen-bond donors (Lipinski definition) is 0. The Morgan fingerprint density at radius 3 is 2.85 bits per heavy atom. The fraction of sp³-hybridized carbons (Fsp3) is 1.00. The SMILES string of the molecule is C1C[C@H]2CCCN3COC[C@@H](C1)[C@@H]23. The summed E-state index contributed by atoms with van der Waals surface area (Å²) in [5, 5.41) is 0. The van der Waals surface area contributed by atoms with Crippen molar-refractivity contribution in [2.24, 2.45) is 11.8 Å². The van der Waals surface area contributed by atoms with Crippen molar-refractivity contribution in [3.63, 3.8) is 0 Å². The Hall–Kier alpha value is -0.0800. The summed E-state index contributed by atoms with van der Waals surface area (Å²) in [5.74, 6) is 1.88. The molecule has 3 rings (SSSR count). The molecule has 0 aromatic rings. The first-order valence-electron chi connectivity index (χ1n) is 5.77. The molecule has 1 aliphatic carbocycles. The first kappa shape index (κ1) is 8.25. The Morgan fingerprint density at radius 2 is 1.85 bits per heavy atom. The van der Waals surface area contributed by atoms with Gasteiger partial charge in [-0.2, -0.15) is 0 Å². The van der Waals surface area contributed by atoms with Gasteiger partial charge >= 0.3 is 0 Å². The maximum atomic E-state index is 5.65. The summed E-state index contributed by atoms with van der Waals surface area (Å²) in [7, 11) is 0. The van der Waals surface area contributed by atoms with E-state index in [9.17, 15) is 0 Å². The van der Waals surface area contributed by atoms with Gasteiger partial charge in [-0.05, 0) is 37.5 Å². The number of ether oxygens (including phenoxy) is 1. The van der Waals surface area contributed by atoms with E-state index >= 15 is 0 Å². The minimum atomic E-state index is 0.868. The van der Waals surface area contributed by atoms with Gasteiger partial charge in [0.15, 0.2) is 0 Å². The maximum Gasteiger partial charge on any atom is 0.0992 e. The van der Waals surface area contributed by atoms with Gasteiger partial charge in [-0.25, -0.2) is 0 Å². The fourth-order valence-corrected chi connectivity index (χ4v) is 3.64. The Morgan fingerprint density at radius 1 is 1.00 bits per heavy atom. The van der Waals surface area contributed by atoms with Crippen LogP contribution in [0.3, 0.4) is 0 Å². The van der Waals surface area contributed by atoms with Crippen molar-refractivity contribution >= 4 is 0 Å². The predicted molar refractivity (Wildman–Crippen MR) is 51.4 cm³/mol. The van der Waals surface area contributed by atoms with Crippen molar-refractivity contribution < 1.29 is 4.74 Å². The van der Waals surface area contributed by atoms with Crippen LogP contribution in [0.1, 0.15) is 32.1 Å². The monoisotopic (exact) mass is 181 g/mol. The lowest BCUT2D eigenvalue weighted by Crippen LogP contribution is -2.56. The molecule has 0 aromatic carbocycles. The highest BCUT2D eigenvalue weighted by Crippen LogP contribution is 2.40. The molecule has 3 fully saturated rings. The zero-order valence-corrected chi connectivity index (χ0v) is 8.24. The largest absolute Gasteiger partial charge is 0.366 e. The van der Waals surface area contributed by atoms with Gasteiger partial charge in [0, 0.05) is 12.6 Å². The highest BCUT2D eigenvalue weighted by atomic mass is 16.5. The van der Waals surface area contributed by atoms with Gasteiger partial charge in [0.1, 0.15) is 0 Å². The van der Waals surface area contributed by atoms with Crippen LogP contribution in [0.2, 0.25) is 0 Å². The van der Waals surface area contributed by atoms with E-state index < -0.39 is 0 Å². The van der Waals surface area contributed by atoms with Crippen LogP contribution < -0.4 is 0 Å². The zero-order chi connectivity index (χ0) is 8.67. The summed E-state index contributed by atoms with van der Waals surface area (Å²) in [4.78, 5) is 2.60. The Labute approximate surface area is 80.2 Å². The molecule has 0 bridgehead atoms. The molecule has 3 atom stereocenters. The molecule has 3 aliphatic rings. The van der Waals surface area contributed by atoms with Crippen molar-refractivity contribution in [3.8, 4) is 0 Å². The Bertz CT molecular complexity index is 149. The zero-order valence-electron chi connectivity index (χ0n) is 8.24. The van der Waals surface area contributed by atoms with Gasteiger partial charge in [-0.1, -0.05) is 6.42 Å². The fourth-order valence-electron chi connectivity index (χ4n) is 3.64. The summed E-state index contributed by atoms with van der Waals surface area (Å²) in [6.45, 7) is 3.24. The number of rotatable bonds is 0. The molecule has 0 radical (unpaired) electrons. The van der Waals surface area contributed by atoms with Crippen LogP contribution in [0.5, 0.6) is 0 Å². The third kappa shape index (κ3) is 1.31. The van der Waals surface area contributed by atoms with Crippen LogP contribution >= 0.6 is 0 Å². The van der Waals surface area contributed by atoms with Crippen molar-refractivity contribution in [3.05, 3.63) is 0 Å². The number of hydrogen-bond acceptors (Lipinski definition) is 2. The summed E-state index contributed by atoms with van der Waals surface area (Å²) >= 11 is 0. The molecule has 0 amide bonds. The van der Waals surface area contributed by atoms with E-state index in [4.69, 9.17) is 4.74 Å². The first-order chi connectivity index (χ1) is 6.45. The van der Waals surface area contributed by atoms with Gasteiger partial charge in [0.2, 0.25) is 0 Å². The second-order valence-electron chi connectivity index (χ2n) is 4.90. The van der Waals surface area contributed by atoms with Crippen molar-refractivity contribution in [2.75, 3.05) is 19.9 Å². The molecule has 0 unspecified atom stereocenters. The van der Waals surface area contributed by atoms with Gasteiger partial charge in [0.25, 0.3) is 0 Å². The van der Waals surface area contributed by atoms with E-state index in [-0.39, 0.29) is 0 Å². The van der Waals surface area contributed by atoms with E-state index in [1.165, 1.54) is 38.6 Å². The molecule has 0 spiro atoms. The molecule has 0 aromatic heterocycles. The minimum absolute atomic E-state index is 0.868. The number of nitrogens with zero attached hydrogens (tertiary/aromatic N) is 1. The lowest BCUT2D eigenvalue weighted by Gasteiger charge is -2.51. The summed E-state index contributed by atoms with van der Waals surface area (Å²) in [5.41, 5.74) is 0. The van der Waals surface area contributed by atoms with Crippen LogP contribution in [0.15, 0.2) is 0 Å². The highest BCUT2D eigenvalue weighted by molar-refractivity contribution is 4.93. The lowest BCUT2D eigenvalue weighted by atomic mass is 9.72. The first-order valence-corrected chi connectivity index (χ1v) is 5.77. The summed E-state index contributed by atoms with van der Waals surface area (Å²) in [6, 6.07) is 0.899. The normalized spacial score (nSPS) is 45.7. The lowest BCUT2D eigenvalue weighted by molar-refractivity contribution is -0.128. The maximum absolute atomic E-state index is 5.65. The van der Waals surface area contributed by atoms with E-state index in [0.717, 1.165) is 31.2 Å². The number of piperidine rings is 1. The van der Waals surface area contributed by atoms with E-state index in [1.807, 2.05) is 0 Å². The van der Waals surface area contributed by atoms with Crippen LogP contribution in [0, 0.1) is 11.8 Å². The molecular weight excluding hydrogens is 162 g/mol. The average Bonchev–Trinajstić information content (AvgIpc) is 2.19. The van der Waals surface area contributed by atoms with E-state index in [1.54, 1.807) is 0 Å². The molecular formula is C11H19NO. The minimum Gasteiger partial charge on any atom is -0.366 e. The summed E-state index contributed by atoms with van der Waals surface area (Å²) < 4.78 is 5.65. The van der Waals surface area contributed by atoms with Crippen LogP contribution in [0.4, 0.5) is 0 Å². The quantitative estimate of drug-likeness (QED) is 0.565. The molecule has 0 N–H and O–H groups in total. The summed E-state index contributed by atoms with van der Waals surface area (Å²) in [6.07, 6.45) is 7.23. The van der Waals surface area contributed by atoms with Gasteiger partial charge in [0.05, 0.1) is 13.3 Å². The van der Waals surface area contributed by atoms with Crippen molar-refractivity contribution in [2.45, 2.75) is 38.1 Å². The second-order valence-corrected chi connectivity index (χ2v) is 4.90. The van der Waals surface area contributed by atoms with Gasteiger partial charge in [-0.15, -0.1) is 0 Å². The Balaban J connectivity index is 1.82. The predicted octanol–water partition coefficient (Wildman–Crippen LogP) is 1.85. The van der Waals surface area contributed by atoms with Gasteiger partial charge < -0.3 is 4.74 Å². The molecule has 13 heavy (non-hydrogen) atoms. The molecule has 74 valence electrons. The Kier molecular flexibility index (Phi) is 2.06. The molecule has 2 heteroatoms. The third-order valence-corrected chi connectivity index (χ3v) is 4.15. The van der Waals surface area contributed by atoms with Crippen LogP contribution in [-0.4, -0.2) is 30.8 Å². The molecule has 2 aliphatic heterocycles. The smallest absolute Gasteiger partial charge is 0.0992 e.